The van der Waals surface area contributed by atoms with E-state index in [9.17, 15) is 21.4 Å². The number of azo groups is 2. The first kappa shape index (κ1) is 23.6. The number of rotatable bonds is 6. The Kier molecular flexibility index (Phi) is 6.31. The van der Waals surface area contributed by atoms with Crippen LogP contribution in [0.4, 0.5) is 40.3 Å². The first-order valence-corrected chi connectivity index (χ1v) is 11.5. The molecule has 0 saturated heterocycles. The van der Waals surface area contributed by atoms with Gasteiger partial charge in [0.25, 0.3) is 20.2 Å². The van der Waals surface area contributed by atoms with E-state index in [1.54, 1.807) is 0 Å². The van der Waals surface area contributed by atoms with Gasteiger partial charge < -0.3 is 17.2 Å². The fourth-order valence-electron chi connectivity index (χ4n) is 2.41. The summed E-state index contributed by atoms with van der Waals surface area (Å²) in [4.78, 5) is 5.25. The summed E-state index contributed by atoms with van der Waals surface area (Å²) in [5, 5.41) is 15.2. The number of nitrogens with one attached hydrogen (secondary N) is 1. The minimum atomic E-state index is -4.75. The predicted molar refractivity (Wildman–Crippen MR) is 115 cm³/mol. The van der Waals surface area contributed by atoms with Crippen LogP contribution in [0.1, 0.15) is 0 Å². The number of aromatic nitrogens is 2. The molecule has 172 valence electrons. The minimum Gasteiger partial charge on any atom is -0.371 e. The zero-order valence-electron chi connectivity index (χ0n) is 16.4. The van der Waals surface area contributed by atoms with Crippen molar-refractivity contribution in [2.75, 3.05) is 17.2 Å². The summed E-state index contributed by atoms with van der Waals surface area (Å²) in [6, 6.07) is 8.27. The molecule has 3 aromatic rings. The quantitative estimate of drug-likeness (QED) is 0.245. The number of nitrogen functional groups attached to an aromatic ring is 3. The molecular formula is C16H16N9O6S2+. The molecule has 0 aliphatic rings. The first-order chi connectivity index (χ1) is 15.3. The van der Waals surface area contributed by atoms with Gasteiger partial charge in [-0.15, -0.1) is 10.2 Å². The molecule has 33 heavy (non-hydrogen) atoms. The van der Waals surface area contributed by atoms with Gasteiger partial charge in [0.15, 0.2) is 0 Å². The number of hydrogen-bond donors (Lipinski definition) is 5. The minimum absolute atomic E-state index is 0.0157. The maximum atomic E-state index is 11.8. The van der Waals surface area contributed by atoms with E-state index in [1.807, 2.05) is 0 Å². The highest BCUT2D eigenvalue weighted by molar-refractivity contribution is 7.86. The van der Waals surface area contributed by atoms with Gasteiger partial charge in [-0.2, -0.15) is 27.1 Å². The maximum Gasteiger partial charge on any atom is 0.344 e. The van der Waals surface area contributed by atoms with Crippen molar-refractivity contribution in [3.8, 4) is 0 Å². The molecule has 0 spiro atoms. The summed E-state index contributed by atoms with van der Waals surface area (Å²) >= 11 is 0. The number of H-pyrrole nitrogens is 1. The van der Waals surface area contributed by atoms with Gasteiger partial charge in [-0.25, -0.2) is 4.98 Å². The highest BCUT2D eigenvalue weighted by atomic mass is 32.2. The molecule has 2 aromatic carbocycles. The largest absolute Gasteiger partial charge is 0.371 e. The molecule has 0 bridgehead atoms. The van der Waals surface area contributed by atoms with E-state index in [-0.39, 0.29) is 45.2 Å². The van der Waals surface area contributed by atoms with Crippen LogP contribution in [0.2, 0.25) is 0 Å². The maximum absolute atomic E-state index is 11.8. The monoisotopic (exact) mass is 494 g/mol. The highest BCUT2D eigenvalue weighted by Gasteiger charge is 2.18. The molecule has 0 amide bonds. The predicted octanol–water partition coefficient (Wildman–Crippen LogP) is 1.97. The van der Waals surface area contributed by atoms with E-state index in [0.717, 1.165) is 18.2 Å². The van der Waals surface area contributed by atoms with E-state index in [1.165, 1.54) is 24.3 Å². The standard InChI is InChI=1S/C16H15N9O6S2/c17-14-13(15(18)21-16(19)20-14)25-24-11-6-3-9(7-12(11)33(29,30)31)23-22-8-1-4-10(5-2-8)32(26,27)28/h1-7H,(H,26,27,28)(H,29,30,31)(H6,17,18,19,20,21)/p+1. The van der Waals surface area contributed by atoms with Crippen LogP contribution in [0.5, 0.6) is 0 Å². The average Bonchev–Trinajstić information content (AvgIpc) is 2.71. The lowest BCUT2D eigenvalue weighted by Gasteiger charge is -2.03. The molecule has 0 aliphatic heterocycles. The third-order valence-corrected chi connectivity index (χ3v) is 5.65. The van der Waals surface area contributed by atoms with Crippen LogP contribution < -0.4 is 22.2 Å². The molecular weight excluding hydrogens is 478 g/mol. The van der Waals surface area contributed by atoms with Crippen molar-refractivity contribution >= 4 is 60.6 Å². The van der Waals surface area contributed by atoms with Gasteiger partial charge in [0.05, 0.1) is 16.3 Å². The zero-order valence-corrected chi connectivity index (χ0v) is 18.0. The van der Waals surface area contributed by atoms with E-state index < -0.39 is 25.1 Å². The van der Waals surface area contributed by atoms with Gasteiger partial charge in [0.2, 0.25) is 17.3 Å². The van der Waals surface area contributed by atoms with Crippen LogP contribution >= 0.6 is 0 Å². The van der Waals surface area contributed by atoms with Crippen molar-refractivity contribution in [2.45, 2.75) is 9.79 Å². The smallest absolute Gasteiger partial charge is 0.344 e. The van der Waals surface area contributed by atoms with Crippen molar-refractivity contribution in [1.82, 2.24) is 4.98 Å². The summed E-state index contributed by atoms with van der Waals surface area (Å²) in [6.07, 6.45) is 0. The van der Waals surface area contributed by atoms with Gasteiger partial charge in [0.1, 0.15) is 10.6 Å². The summed E-state index contributed by atoms with van der Waals surface area (Å²) < 4.78 is 64.3. The van der Waals surface area contributed by atoms with Gasteiger partial charge in [-0.1, -0.05) is 4.98 Å². The topological polar surface area (TPSA) is 263 Å². The lowest BCUT2D eigenvalue weighted by molar-refractivity contribution is -0.345. The van der Waals surface area contributed by atoms with Crippen molar-refractivity contribution < 1.29 is 30.9 Å². The Hall–Kier alpha value is -4.06. The Morgan fingerprint density at radius 3 is 1.97 bits per heavy atom. The molecule has 0 radical (unpaired) electrons. The molecule has 0 atom stereocenters. The Balaban J connectivity index is 1.94. The van der Waals surface area contributed by atoms with Crippen molar-refractivity contribution in [1.29, 1.82) is 0 Å². The van der Waals surface area contributed by atoms with E-state index >= 15 is 0 Å². The summed E-state index contributed by atoms with van der Waals surface area (Å²) in [7, 11) is -9.11. The number of benzene rings is 2. The molecule has 0 saturated carbocycles. The molecule has 0 fully saturated rings. The summed E-state index contributed by atoms with van der Waals surface area (Å²) in [5.41, 5.74) is 16.7. The van der Waals surface area contributed by atoms with Gasteiger partial charge in [-0.3, -0.25) is 9.11 Å². The molecule has 3 rings (SSSR count). The van der Waals surface area contributed by atoms with Crippen LogP contribution in [0.3, 0.4) is 0 Å². The zero-order chi connectivity index (χ0) is 24.4. The van der Waals surface area contributed by atoms with Gasteiger partial charge in [-0.05, 0) is 42.5 Å². The molecule has 1 aromatic heterocycles. The van der Waals surface area contributed by atoms with Crippen LogP contribution in [0.25, 0.3) is 0 Å². The highest BCUT2D eigenvalue weighted by Crippen LogP contribution is 2.33. The lowest BCUT2D eigenvalue weighted by Crippen LogP contribution is -2.18. The Bertz CT molecular complexity index is 1460. The Morgan fingerprint density at radius 2 is 1.39 bits per heavy atom. The second kappa shape index (κ2) is 8.82. The molecule has 0 aliphatic carbocycles. The fraction of sp³-hybridized carbons (Fsp3) is 0. The molecule has 15 nitrogen and oxygen atoms in total. The number of hydrogen-bond acceptors (Lipinski definition) is 12. The molecule has 1 heterocycles. The van der Waals surface area contributed by atoms with Crippen LogP contribution in [0.15, 0.2) is 72.7 Å². The number of anilines is 3. The third kappa shape index (κ3) is 5.80. The second-order valence-electron chi connectivity index (χ2n) is 6.27. The van der Waals surface area contributed by atoms with Gasteiger partial charge in [0, 0.05) is 0 Å². The van der Waals surface area contributed by atoms with Crippen LogP contribution in [-0.2, 0) is 20.2 Å². The van der Waals surface area contributed by atoms with E-state index in [4.69, 9.17) is 21.8 Å². The first-order valence-electron chi connectivity index (χ1n) is 8.61. The van der Waals surface area contributed by atoms with Crippen molar-refractivity contribution in [3.05, 3.63) is 42.5 Å². The second-order valence-corrected chi connectivity index (χ2v) is 9.08. The molecule has 17 heteroatoms. The van der Waals surface area contributed by atoms with E-state index in [2.05, 4.69) is 30.4 Å². The third-order valence-electron chi connectivity index (χ3n) is 3.90. The Labute approximate surface area is 186 Å². The lowest BCUT2D eigenvalue weighted by atomic mass is 10.3. The summed E-state index contributed by atoms with van der Waals surface area (Å²) in [5.74, 6) is -0.293. The molecule has 0 unspecified atom stereocenters. The SMILES string of the molecule is Nc1nc(N)c(N=Nc2ccc(N=Nc3ccc(S(=O)(=O)O)cc3)cc2S(=O)(=O)O)c(N)[nH+]1. The van der Waals surface area contributed by atoms with Crippen molar-refractivity contribution in [3.63, 3.8) is 0 Å². The molecule has 9 N–H and O–H groups in total. The number of nitrogens with two attached hydrogens (primary N) is 3. The summed E-state index contributed by atoms with van der Waals surface area (Å²) in [6.45, 7) is 0. The van der Waals surface area contributed by atoms with Crippen LogP contribution in [0, 0.1) is 0 Å². The fourth-order valence-corrected chi connectivity index (χ4v) is 3.53. The Morgan fingerprint density at radius 1 is 0.788 bits per heavy atom. The van der Waals surface area contributed by atoms with E-state index in [0.29, 0.717) is 0 Å². The average molecular weight is 494 g/mol. The van der Waals surface area contributed by atoms with Crippen LogP contribution in [-0.4, -0.2) is 30.9 Å². The number of nitrogens with zero attached hydrogens (tertiary/aromatic N) is 5. The van der Waals surface area contributed by atoms with Gasteiger partial charge >= 0.3 is 5.95 Å². The normalized spacial score (nSPS) is 12.5. The van der Waals surface area contributed by atoms with Crippen molar-refractivity contribution in [2.24, 2.45) is 20.5 Å². The number of aromatic amines is 1.